The van der Waals surface area contributed by atoms with Crippen molar-refractivity contribution in [2.75, 3.05) is 27.2 Å². The van der Waals surface area contributed by atoms with E-state index >= 15 is 0 Å². The lowest BCUT2D eigenvalue weighted by atomic mass is 9.96. The van der Waals surface area contributed by atoms with Gasteiger partial charge in [-0.1, -0.05) is 13.3 Å². The first-order chi connectivity index (χ1) is 9.86. The van der Waals surface area contributed by atoms with Crippen LogP contribution in [-0.2, 0) is 9.59 Å². The predicted octanol–water partition coefficient (Wildman–Crippen LogP) is 0.750. The van der Waals surface area contributed by atoms with E-state index in [1.165, 1.54) is 4.90 Å². The van der Waals surface area contributed by atoms with E-state index in [0.717, 1.165) is 6.42 Å². The van der Waals surface area contributed by atoms with Crippen molar-refractivity contribution in [2.45, 2.75) is 38.6 Å². The number of carboxylic acid groups (broad SMARTS) is 1. The number of amides is 3. The topological polar surface area (TPSA) is 90.0 Å². The fourth-order valence-corrected chi connectivity index (χ4v) is 2.48. The molecular formula is C14H25N3O4. The van der Waals surface area contributed by atoms with E-state index in [0.29, 0.717) is 32.4 Å². The zero-order valence-electron chi connectivity index (χ0n) is 13.0. The first-order valence-corrected chi connectivity index (χ1v) is 7.36. The van der Waals surface area contributed by atoms with Gasteiger partial charge >= 0.3 is 12.0 Å². The van der Waals surface area contributed by atoms with Gasteiger partial charge in [0.15, 0.2) is 0 Å². The van der Waals surface area contributed by atoms with Crippen LogP contribution in [0.5, 0.6) is 0 Å². The number of carbonyl (C=O) groups excluding carboxylic acids is 2. The molecule has 7 nitrogen and oxygen atoms in total. The number of carboxylic acids is 1. The highest BCUT2D eigenvalue weighted by molar-refractivity contribution is 5.85. The molecule has 3 amide bonds. The van der Waals surface area contributed by atoms with E-state index in [1.807, 2.05) is 6.92 Å². The van der Waals surface area contributed by atoms with E-state index in [9.17, 15) is 14.4 Å². The van der Waals surface area contributed by atoms with Crippen molar-refractivity contribution in [3.63, 3.8) is 0 Å². The van der Waals surface area contributed by atoms with Crippen LogP contribution in [0.4, 0.5) is 4.79 Å². The van der Waals surface area contributed by atoms with E-state index in [4.69, 9.17) is 5.11 Å². The van der Waals surface area contributed by atoms with Gasteiger partial charge in [-0.3, -0.25) is 4.79 Å². The molecule has 1 fully saturated rings. The molecule has 120 valence electrons. The Balaban J connectivity index is 2.61. The maximum Gasteiger partial charge on any atom is 0.326 e. The highest BCUT2D eigenvalue weighted by atomic mass is 16.4. The Morgan fingerprint density at radius 3 is 2.57 bits per heavy atom. The van der Waals surface area contributed by atoms with Crippen LogP contribution in [0.2, 0.25) is 0 Å². The molecule has 0 aromatic heterocycles. The van der Waals surface area contributed by atoms with Gasteiger partial charge in [-0.15, -0.1) is 0 Å². The van der Waals surface area contributed by atoms with Crippen molar-refractivity contribution in [3.05, 3.63) is 0 Å². The number of likely N-dealkylation sites (tertiary alicyclic amines) is 1. The van der Waals surface area contributed by atoms with E-state index in [-0.39, 0.29) is 17.9 Å². The van der Waals surface area contributed by atoms with Gasteiger partial charge in [0.25, 0.3) is 0 Å². The van der Waals surface area contributed by atoms with E-state index in [2.05, 4.69) is 5.32 Å². The first kappa shape index (κ1) is 17.3. The van der Waals surface area contributed by atoms with Crippen molar-refractivity contribution < 1.29 is 19.5 Å². The predicted molar refractivity (Wildman–Crippen MR) is 77.9 cm³/mol. The fraction of sp³-hybridized carbons (Fsp3) is 0.786. The molecule has 1 saturated heterocycles. The van der Waals surface area contributed by atoms with Crippen molar-refractivity contribution in [3.8, 4) is 0 Å². The van der Waals surface area contributed by atoms with Gasteiger partial charge in [0, 0.05) is 27.2 Å². The Bertz CT molecular complexity index is 398. The lowest BCUT2D eigenvalue weighted by molar-refractivity contribution is -0.143. The number of carbonyl (C=O) groups is 3. The summed E-state index contributed by atoms with van der Waals surface area (Å²) in [5.41, 5.74) is 0. The minimum Gasteiger partial charge on any atom is -0.480 e. The second-order valence-corrected chi connectivity index (χ2v) is 5.65. The Morgan fingerprint density at radius 1 is 1.38 bits per heavy atom. The number of nitrogens with one attached hydrogen (secondary N) is 1. The van der Waals surface area contributed by atoms with Crippen LogP contribution in [0.25, 0.3) is 0 Å². The molecule has 1 aliphatic heterocycles. The van der Waals surface area contributed by atoms with Gasteiger partial charge in [-0.25, -0.2) is 9.59 Å². The van der Waals surface area contributed by atoms with Crippen molar-refractivity contribution >= 4 is 17.9 Å². The van der Waals surface area contributed by atoms with Crippen LogP contribution in [-0.4, -0.2) is 66.0 Å². The largest absolute Gasteiger partial charge is 0.480 e. The first-order valence-electron chi connectivity index (χ1n) is 7.36. The third kappa shape index (κ3) is 4.91. The molecule has 2 unspecified atom stereocenters. The molecule has 0 saturated carbocycles. The maximum atomic E-state index is 12.2. The van der Waals surface area contributed by atoms with Crippen LogP contribution in [0.15, 0.2) is 0 Å². The molecule has 1 heterocycles. The average molecular weight is 299 g/mol. The second kappa shape index (κ2) is 7.85. The number of aliphatic carboxylic acids is 1. The van der Waals surface area contributed by atoms with Gasteiger partial charge in [0.05, 0.1) is 5.92 Å². The standard InChI is InChI=1S/C14H25N3O4/c1-4-6-11(13(19)20)15-12(18)10-7-5-8-17(9-10)14(21)16(2)3/h10-11H,4-9H2,1-3H3,(H,15,18)(H,19,20). The van der Waals surface area contributed by atoms with Gasteiger partial charge in [0.1, 0.15) is 6.04 Å². The van der Waals surface area contributed by atoms with Crippen LogP contribution >= 0.6 is 0 Å². The van der Waals surface area contributed by atoms with E-state index in [1.54, 1.807) is 19.0 Å². The van der Waals surface area contributed by atoms with Gasteiger partial charge in [-0.05, 0) is 19.3 Å². The molecule has 1 rings (SSSR count). The van der Waals surface area contributed by atoms with Crippen LogP contribution < -0.4 is 5.32 Å². The monoisotopic (exact) mass is 299 g/mol. The molecule has 2 N–H and O–H groups in total. The summed E-state index contributed by atoms with van der Waals surface area (Å²) >= 11 is 0. The second-order valence-electron chi connectivity index (χ2n) is 5.65. The summed E-state index contributed by atoms with van der Waals surface area (Å²) in [6.07, 6.45) is 2.53. The number of hydrogen-bond donors (Lipinski definition) is 2. The summed E-state index contributed by atoms with van der Waals surface area (Å²) in [5.74, 6) is -1.62. The summed E-state index contributed by atoms with van der Waals surface area (Å²) in [6.45, 7) is 2.86. The number of rotatable bonds is 5. The summed E-state index contributed by atoms with van der Waals surface area (Å²) in [5, 5.41) is 11.7. The average Bonchev–Trinajstić information content (AvgIpc) is 2.45. The summed E-state index contributed by atoms with van der Waals surface area (Å²) in [6, 6.07) is -0.960. The normalized spacial score (nSPS) is 19.8. The Kier molecular flexibility index (Phi) is 6.45. The number of hydrogen-bond acceptors (Lipinski definition) is 3. The van der Waals surface area contributed by atoms with E-state index < -0.39 is 12.0 Å². The highest BCUT2D eigenvalue weighted by Crippen LogP contribution is 2.18. The van der Waals surface area contributed by atoms with Crippen LogP contribution in [0.1, 0.15) is 32.6 Å². The Labute approximate surface area is 125 Å². The minimum absolute atomic E-state index is 0.115. The van der Waals surface area contributed by atoms with Gasteiger partial charge < -0.3 is 20.2 Å². The number of piperidine rings is 1. The molecule has 2 atom stereocenters. The van der Waals surface area contributed by atoms with Crippen LogP contribution in [0, 0.1) is 5.92 Å². The Morgan fingerprint density at radius 2 is 2.05 bits per heavy atom. The lowest BCUT2D eigenvalue weighted by Gasteiger charge is -2.34. The number of nitrogens with zero attached hydrogens (tertiary/aromatic N) is 2. The molecule has 0 aromatic carbocycles. The van der Waals surface area contributed by atoms with Gasteiger partial charge in [0.2, 0.25) is 5.91 Å². The quantitative estimate of drug-likeness (QED) is 0.784. The maximum absolute atomic E-state index is 12.2. The zero-order chi connectivity index (χ0) is 16.0. The SMILES string of the molecule is CCCC(NC(=O)C1CCCN(C(=O)N(C)C)C1)C(=O)O. The minimum atomic E-state index is -1.01. The summed E-state index contributed by atoms with van der Waals surface area (Å²) < 4.78 is 0. The fourth-order valence-electron chi connectivity index (χ4n) is 2.48. The zero-order valence-corrected chi connectivity index (χ0v) is 13.0. The van der Waals surface area contributed by atoms with Crippen molar-refractivity contribution in [1.82, 2.24) is 15.1 Å². The smallest absolute Gasteiger partial charge is 0.326 e. The third-order valence-electron chi connectivity index (χ3n) is 3.64. The van der Waals surface area contributed by atoms with Crippen molar-refractivity contribution in [1.29, 1.82) is 0 Å². The number of urea groups is 1. The molecule has 1 aliphatic rings. The van der Waals surface area contributed by atoms with Gasteiger partial charge in [-0.2, -0.15) is 0 Å². The molecule has 7 heteroatoms. The molecule has 0 bridgehead atoms. The summed E-state index contributed by atoms with van der Waals surface area (Å²) in [7, 11) is 3.35. The highest BCUT2D eigenvalue weighted by Gasteiger charge is 2.31. The van der Waals surface area contributed by atoms with Crippen LogP contribution in [0.3, 0.4) is 0 Å². The molecule has 0 aliphatic carbocycles. The molecule has 0 aromatic rings. The lowest BCUT2D eigenvalue weighted by Crippen LogP contribution is -2.51. The Hall–Kier alpha value is -1.79. The molecule has 21 heavy (non-hydrogen) atoms. The third-order valence-corrected chi connectivity index (χ3v) is 3.64. The molecule has 0 radical (unpaired) electrons. The molecular weight excluding hydrogens is 274 g/mol. The molecule has 0 spiro atoms. The van der Waals surface area contributed by atoms with Crippen molar-refractivity contribution in [2.24, 2.45) is 5.92 Å². The summed E-state index contributed by atoms with van der Waals surface area (Å²) in [4.78, 5) is 38.3.